The van der Waals surface area contributed by atoms with E-state index in [0.29, 0.717) is 10.3 Å². The van der Waals surface area contributed by atoms with E-state index in [9.17, 15) is 0 Å². The summed E-state index contributed by atoms with van der Waals surface area (Å²) in [6.45, 7) is 0. The highest BCUT2D eigenvalue weighted by Crippen LogP contribution is 2.25. The number of anilines is 1. The number of nitrogens with zero attached hydrogens (tertiary/aromatic N) is 4. The Morgan fingerprint density at radius 3 is 2.80 bits per heavy atom. The molecule has 1 aromatic carbocycles. The number of hydrogen-bond acceptors (Lipinski definition) is 8. The van der Waals surface area contributed by atoms with Crippen molar-refractivity contribution in [2.45, 2.75) is 10.3 Å². The van der Waals surface area contributed by atoms with Crippen LogP contribution in [0.5, 0.6) is 6.01 Å². The molecule has 3 rings (SSSR count). The molecule has 0 bridgehead atoms. The van der Waals surface area contributed by atoms with Gasteiger partial charge in [-0.2, -0.15) is 15.0 Å². The highest BCUT2D eigenvalue weighted by Gasteiger charge is 2.10. The monoisotopic (exact) mass is 289 g/mol. The summed E-state index contributed by atoms with van der Waals surface area (Å²) in [5, 5.41) is 1.12. The number of methoxy groups -OCH3 is 1. The SMILES string of the molecule is COc1nc(NN)nc(Sc2nc3ccccc3[nH]2)n1. The molecule has 3 aromatic rings. The quantitative estimate of drug-likeness (QED) is 0.484. The van der Waals surface area contributed by atoms with Crippen molar-refractivity contribution >= 4 is 28.7 Å². The lowest BCUT2D eigenvalue weighted by Crippen LogP contribution is -2.12. The van der Waals surface area contributed by atoms with Gasteiger partial charge in [-0.3, -0.25) is 5.43 Å². The third-order valence-corrected chi connectivity index (χ3v) is 3.21. The number of aromatic nitrogens is 5. The zero-order valence-corrected chi connectivity index (χ0v) is 11.3. The van der Waals surface area contributed by atoms with Crippen LogP contribution in [0.2, 0.25) is 0 Å². The summed E-state index contributed by atoms with van der Waals surface area (Å²) in [6, 6.07) is 7.94. The molecule has 0 fully saturated rings. The second-order valence-corrected chi connectivity index (χ2v) is 4.69. The van der Waals surface area contributed by atoms with Crippen molar-refractivity contribution in [3.05, 3.63) is 24.3 Å². The van der Waals surface area contributed by atoms with Crippen LogP contribution in [0, 0.1) is 0 Å². The molecule has 0 spiro atoms. The lowest BCUT2D eigenvalue weighted by molar-refractivity contribution is 0.373. The highest BCUT2D eigenvalue weighted by atomic mass is 32.2. The average Bonchev–Trinajstić information content (AvgIpc) is 2.88. The Labute approximate surface area is 118 Å². The Kier molecular flexibility index (Phi) is 3.35. The maximum absolute atomic E-state index is 5.31. The molecule has 0 unspecified atom stereocenters. The van der Waals surface area contributed by atoms with E-state index in [2.05, 4.69) is 30.3 Å². The van der Waals surface area contributed by atoms with Crippen LogP contribution >= 0.6 is 11.8 Å². The minimum Gasteiger partial charge on any atom is -0.467 e. The van der Waals surface area contributed by atoms with Gasteiger partial charge in [0.2, 0.25) is 11.1 Å². The largest absolute Gasteiger partial charge is 0.467 e. The number of aromatic amines is 1. The van der Waals surface area contributed by atoms with Crippen LogP contribution < -0.4 is 16.0 Å². The number of nitrogens with two attached hydrogens (primary N) is 1. The minimum absolute atomic E-state index is 0.187. The van der Waals surface area contributed by atoms with E-state index in [1.54, 1.807) is 0 Å². The van der Waals surface area contributed by atoms with Gasteiger partial charge in [-0.15, -0.1) is 0 Å². The Bertz CT molecular complexity index is 689. The topological polar surface area (TPSA) is 115 Å². The summed E-state index contributed by atoms with van der Waals surface area (Å²) in [6.07, 6.45) is 0. The third-order valence-electron chi connectivity index (χ3n) is 2.46. The number of fused-ring (bicyclic) bond motifs is 1. The zero-order valence-electron chi connectivity index (χ0n) is 10.5. The lowest BCUT2D eigenvalue weighted by Gasteiger charge is -2.03. The molecule has 0 radical (unpaired) electrons. The third kappa shape index (κ3) is 2.49. The summed E-state index contributed by atoms with van der Waals surface area (Å²) >= 11 is 1.27. The molecule has 0 saturated carbocycles. The molecular formula is C11H11N7OS. The average molecular weight is 289 g/mol. The van der Waals surface area contributed by atoms with Gasteiger partial charge in [0.15, 0.2) is 5.16 Å². The predicted octanol–water partition coefficient (Wildman–Crippen LogP) is 1.19. The molecule has 9 heteroatoms. The van der Waals surface area contributed by atoms with Crippen molar-refractivity contribution < 1.29 is 4.74 Å². The first kappa shape index (κ1) is 12.6. The molecule has 20 heavy (non-hydrogen) atoms. The van der Waals surface area contributed by atoms with Crippen LogP contribution in [0.25, 0.3) is 11.0 Å². The van der Waals surface area contributed by atoms with Crippen molar-refractivity contribution in [1.29, 1.82) is 0 Å². The molecule has 102 valence electrons. The van der Waals surface area contributed by atoms with Crippen molar-refractivity contribution in [2.75, 3.05) is 12.5 Å². The van der Waals surface area contributed by atoms with E-state index in [0.717, 1.165) is 11.0 Å². The van der Waals surface area contributed by atoms with Gasteiger partial charge in [-0.25, -0.2) is 10.8 Å². The molecule has 8 nitrogen and oxygen atoms in total. The molecular weight excluding hydrogens is 278 g/mol. The number of nitrogen functional groups attached to an aromatic ring is 1. The van der Waals surface area contributed by atoms with Crippen LogP contribution in [0.4, 0.5) is 5.95 Å². The van der Waals surface area contributed by atoms with Gasteiger partial charge in [0.05, 0.1) is 18.1 Å². The number of nitrogens with one attached hydrogen (secondary N) is 2. The van der Waals surface area contributed by atoms with E-state index in [1.165, 1.54) is 18.9 Å². The van der Waals surface area contributed by atoms with Gasteiger partial charge in [-0.1, -0.05) is 12.1 Å². The van der Waals surface area contributed by atoms with E-state index in [-0.39, 0.29) is 12.0 Å². The number of ether oxygens (including phenoxy) is 1. The molecule has 0 aliphatic heterocycles. The maximum Gasteiger partial charge on any atom is 0.322 e. The number of H-pyrrole nitrogens is 1. The Morgan fingerprint density at radius 2 is 2.05 bits per heavy atom. The van der Waals surface area contributed by atoms with Crippen LogP contribution in [0.15, 0.2) is 34.6 Å². The lowest BCUT2D eigenvalue weighted by atomic mass is 10.3. The van der Waals surface area contributed by atoms with Gasteiger partial charge in [0.25, 0.3) is 0 Å². The second kappa shape index (κ2) is 5.31. The fourth-order valence-electron chi connectivity index (χ4n) is 1.60. The standard InChI is InChI=1S/C11H11N7OS/c1-19-9-15-8(18-12)16-11(17-9)20-10-13-6-4-2-3-5-7(6)14-10/h2-5H,12H2,1H3,(H,13,14)(H,15,16,17,18). The van der Waals surface area contributed by atoms with Crippen LogP contribution in [0.1, 0.15) is 0 Å². The molecule has 0 amide bonds. The second-order valence-electron chi connectivity index (χ2n) is 3.73. The molecule has 0 saturated heterocycles. The molecule has 0 aliphatic rings. The number of hydrogen-bond donors (Lipinski definition) is 3. The Balaban J connectivity index is 1.93. The normalized spacial score (nSPS) is 10.7. The van der Waals surface area contributed by atoms with E-state index in [4.69, 9.17) is 10.6 Å². The van der Waals surface area contributed by atoms with Crippen molar-refractivity contribution in [1.82, 2.24) is 24.9 Å². The number of para-hydroxylation sites is 2. The maximum atomic E-state index is 5.31. The molecule has 2 heterocycles. The fourth-order valence-corrected chi connectivity index (χ4v) is 2.34. The molecule has 2 aromatic heterocycles. The van der Waals surface area contributed by atoms with E-state index < -0.39 is 0 Å². The van der Waals surface area contributed by atoms with Crippen molar-refractivity contribution in [2.24, 2.45) is 5.84 Å². The first-order chi connectivity index (χ1) is 9.78. The number of rotatable bonds is 4. The summed E-state index contributed by atoms with van der Waals surface area (Å²) in [5.41, 5.74) is 4.20. The minimum atomic E-state index is 0.187. The van der Waals surface area contributed by atoms with Crippen molar-refractivity contribution in [3.8, 4) is 6.01 Å². The van der Waals surface area contributed by atoms with Crippen molar-refractivity contribution in [3.63, 3.8) is 0 Å². The van der Waals surface area contributed by atoms with E-state index >= 15 is 0 Å². The predicted molar refractivity (Wildman–Crippen MR) is 74.4 cm³/mol. The van der Waals surface area contributed by atoms with Gasteiger partial charge in [0.1, 0.15) is 0 Å². The number of hydrazine groups is 1. The van der Waals surface area contributed by atoms with Gasteiger partial charge in [-0.05, 0) is 23.9 Å². The molecule has 0 aliphatic carbocycles. The number of benzene rings is 1. The Morgan fingerprint density at radius 1 is 1.20 bits per heavy atom. The first-order valence-corrected chi connectivity index (χ1v) is 6.49. The smallest absolute Gasteiger partial charge is 0.322 e. The van der Waals surface area contributed by atoms with Crippen LogP contribution in [-0.2, 0) is 0 Å². The van der Waals surface area contributed by atoms with Gasteiger partial charge < -0.3 is 9.72 Å². The summed E-state index contributed by atoms with van der Waals surface area (Å²) < 4.78 is 4.99. The van der Waals surface area contributed by atoms with E-state index in [1.807, 2.05) is 24.3 Å². The van der Waals surface area contributed by atoms with Crippen LogP contribution in [-0.4, -0.2) is 32.0 Å². The zero-order chi connectivity index (χ0) is 13.9. The first-order valence-electron chi connectivity index (χ1n) is 5.68. The summed E-state index contributed by atoms with van der Waals surface area (Å²) in [7, 11) is 1.48. The molecule has 0 atom stereocenters. The van der Waals surface area contributed by atoms with Gasteiger partial charge in [0, 0.05) is 0 Å². The molecule has 4 N–H and O–H groups in total. The van der Waals surface area contributed by atoms with Gasteiger partial charge >= 0.3 is 6.01 Å². The summed E-state index contributed by atoms with van der Waals surface area (Å²) in [5.74, 6) is 5.54. The number of imidazole rings is 1. The van der Waals surface area contributed by atoms with Crippen LogP contribution in [0.3, 0.4) is 0 Å². The Hall–Kier alpha value is -2.39. The fraction of sp³-hybridized carbons (Fsp3) is 0.0909. The highest BCUT2D eigenvalue weighted by molar-refractivity contribution is 7.99. The summed E-state index contributed by atoms with van der Waals surface area (Å²) in [4.78, 5) is 19.8.